The first kappa shape index (κ1) is 19.0. The zero-order valence-electron chi connectivity index (χ0n) is 15.6. The summed E-state index contributed by atoms with van der Waals surface area (Å²) in [5, 5.41) is 14.0. The van der Waals surface area contributed by atoms with Gasteiger partial charge in [-0.1, -0.05) is 36.9 Å². The molecule has 1 aromatic heterocycles. The van der Waals surface area contributed by atoms with Crippen molar-refractivity contribution >= 4 is 17.5 Å². The molecule has 1 heterocycles. The van der Waals surface area contributed by atoms with Crippen molar-refractivity contribution in [1.82, 2.24) is 20.1 Å². The zero-order valence-corrected chi connectivity index (χ0v) is 15.6. The lowest BCUT2D eigenvalue weighted by molar-refractivity contribution is -0.111. The molecule has 0 aliphatic heterocycles. The Labute approximate surface area is 163 Å². The third-order valence-corrected chi connectivity index (χ3v) is 4.23. The first-order valence-corrected chi connectivity index (χ1v) is 8.84. The number of aromatic nitrogens is 3. The molecule has 2 aromatic carbocycles. The molecule has 0 aliphatic carbocycles. The van der Waals surface area contributed by atoms with Crippen molar-refractivity contribution in [3.63, 3.8) is 0 Å². The highest BCUT2D eigenvalue weighted by Gasteiger charge is 2.11. The van der Waals surface area contributed by atoms with Crippen molar-refractivity contribution in [3.05, 3.63) is 78.6 Å². The van der Waals surface area contributed by atoms with E-state index in [2.05, 4.69) is 27.4 Å². The van der Waals surface area contributed by atoms with Crippen molar-refractivity contribution in [2.24, 2.45) is 7.05 Å². The molecule has 2 N–H and O–H groups in total. The number of carbonyl (C=O) groups excluding carboxylic acids is 2. The lowest BCUT2D eigenvalue weighted by Crippen LogP contribution is -2.26. The molecule has 0 radical (unpaired) electrons. The van der Waals surface area contributed by atoms with Crippen LogP contribution in [0.15, 0.2) is 67.3 Å². The van der Waals surface area contributed by atoms with E-state index in [1.54, 1.807) is 24.3 Å². The maximum atomic E-state index is 12.3. The zero-order chi connectivity index (χ0) is 19.9. The number of nitrogens with one attached hydrogen (secondary N) is 2. The number of hydrogen-bond acceptors (Lipinski definition) is 4. The van der Waals surface area contributed by atoms with Crippen LogP contribution in [0.3, 0.4) is 0 Å². The lowest BCUT2D eigenvalue weighted by atomic mass is 10.2. The molecule has 0 saturated carbocycles. The second kappa shape index (κ2) is 8.77. The van der Waals surface area contributed by atoms with E-state index in [4.69, 9.17) is 0 Å². The van der Waals surface area contributed by atoms with Gasteiger partial charge < -0.3 is 15.2 Å². The Hall–Kier alpha value is -3.74. The van der Waals surface area contributed by atoms with Crippen LogP contribution in [0.2, 0.25) is 0 Å². The Morgan fingerprint density at radius 2 is 1.79 bits per heavy atom. The largest absolute Gasteiger partial charge is 0.352 e. The van der Waals surface area contributed by atoms with Crippen molar-refractivity contribution in [2.75, 3.05) is 11.9 Å². The van der Waals surface area contributed by atoms with Crippen LogP contribution in [0.25, 0.3) is 11.4 Å². The summed E-state index contributed by atoms with van der Waals surface area (Å²) in [4.78, 5) is 23.6. The molecule has 0 spiro atoms. The predicted octanol–water partition coefficient (Wildman–Crippen LogP) is 2.58. The summed E-state index contributed by atoms with van der Waals surface area (Å²) in [5.74, 6) is 1.10. The quantitative estimate of drug-likeness (QED) is 0.621. The van der Waals surface area contributed by atoms with Crippen LogP contribution < -0.4 is 10.6 Å². The maximum absolute atomic E-state index is 12.3. The van der Waals surface area contributed by atoms with E-state index in [-0.39, 0.29) is 11.8 Å². The number of anilines is 1. The van der Waals surface area contributed by atoms with Gasteiger partial charge in [0.25, 0.3) is 5.91 Å². The van der Waals surface area contributed by atoms with E-state index in [1.165, 1.54) is 6.08 Å². The topological polar surface area (TPSA) is 88.9 Å². The van der Waals surface area contributed by atoms with Crippen LogP contribution in [-0.4, -0.2) is 33.1 Å². The van der Waals surface area contributed by atoms with E-state index in [0.29, 0.717) is 24.2 Å². The minimum atomic E-state index is -0.296. The monoisotopic (exact) mass is 375 g/mol. The number of hydrogen-bond donors (Lipinski definition) is 2. The molecule has 0 bridgehead atoms. The van der Waals surface area contributed by atoms with E-state index in [1.807, 2.05) is 41.9 Å². The van der Waals surface area contributed by atoms with Crippen LogP contribution in [0.1, 0.15) is 16.2 Å². The molecular formula is C21H21N5O2. The molecule has 3 rings (SSSR count). The third kappa shape index (κ3) is 4.50. The molecule has 7 heteroatoms. The summed E-state index contributed by atoms with van der Waals surface area (Å²) in [6.45, 7) is 3.84. The molecule has 28 heavy (non-hydrogen) atoms. The van der Waals surface area contributed by atoms with Crippen molar-refractivity contribution in [1.29, 1.82) is 0 Å². The van der Waals surface area contributed by atoms with Gasteiger partial charge in [-0.2, -0.15) is 0 Å². The minimum absolute atomic E-state index is 0.188. The molecular weight excluding hydrogens is 354 g/mol. The second-order valence-electron chi connectivity index (χ2n) is 6.14. The molecule has 0 aliphatic rings. The first-order chi connectivity index (χ1) is 13.6. The molecule has 2 amide bonds. The number of benzene rings is 2. The van der Waals surface area contributed by atoms with E-state index < -0.39 is 0 Å². The fraction of sp³-hybridized carbons (Fsp3) is 0.143. The molecule has 0 atom stereocenters. The van der Waals surface area contributed by atoms with Crippen LogP contribution in [0, 0.1) is 0 Å². The normalized spacial score (nSPS) is 10.3. The van der Waals surface area contributed by atoms with Crippen molar-refractivity contribution < 1.29 is 9.59 Å². The number of nitrogens with zero attached hydrogens (tertiary/aromatic N) is 3. The fourth-order valence-corrected chi connectivity index (χ4v) is 2.71. The van der Waals surface area contributed by atoms with Crippen LogP contribution in [0.5, 0.6) is 0 Å². The smallest absolute Gasteiger partial charge is 0.251 e. The van der Waals surface area contributed by atoms with Crippen molar-refractivity contribution in [3.8, 4) is 11.4 Å². The van der Waals surface area contributed by atoms with Gasteiger partial charge in [0.1, 0.15) is 5.82 Å². The van der Waals surface area contributed by atoms with Gasteiger partial charge in [0, 0.05) is 36.8 Å². The third-order valence-electron chi connectivity index (χ3n) is 4.23. The van der Waals surface area contributed by atoms with Gasteiger partial charge in [0.15, 0.2) is 5.82 Å². The summed E-state index contributed by atoms with van der Waals surface area (Å²) >= 11 is 0. The lowest BCUT2D eigenvalue weighted by Gasteiger charge is -2.07. The highest BCUT2D eigenvalue weighted by Crippen LogP contribution is 2.16. The van der Waals surface area contributed by atoms with Gasteiger partial charge in [-0.3, -0.25) is 9.59 Å². The predicted molar refractivity (Wildman–Crippen MR) is 108 cm³/mol. The van der Waals surface area contributed by atoms with Gasteiger partial charge in [0.2, 0.25) is 5.91 Å². The number of amides is 2. The Kier molecular flexibility index (Phi) is 5.96. The van der Waals surface area contributed by atoms with Gasteiger partial charge >= 0.3 is 0 Å². The standard InChI is InChI=1S/C21H21N5O2/c1-3-19(27)23-17-11-9-16(10-12-17)21(28)22-14-13-18-24-25-20(26(18)2)15-7-5-4-6-8-15/h3-12H,1,13-14H2,2H3,(H,22,28)(H,23,27). The molecule has 0 unspecified atom stereocenters. The minimum Gasteiger partial charge on any atom is -0.352 e. The molecule has 142 valence electrons. The summed E-state index contributed by atoms with van der Waals surface area (Å²) < 4.78 is 1.93. The van der Waals surface area contributed by atoms with E-state index in [9.17, 15) is 9.59 Å². The molecule has 0 fully saturated rings. The summed E-state index contributed by atoms with van der Waals surface area (Å²) in [6.07, 6.45) is 1.76. The molecule has 0 saturated heterocycles. The van der Waals surface area contributed by atoms with E-state index >= 15 is 0 Å². The number of carbonyl (C=O) groups is 2. The Balaban J connectivity index is 1.55. The molecule has 7 nitrogen and oxygen atoms in total. The summed E-state index contributed by atoms with van der Waals surface area (Å²) in [7, 11) is 1.91. The SMILES string of the molecule is C=CC(=O)Nc1ccc(C(=O)NCCc2nnc(-c3ccccc3)n2C)cc1. The van der Waals surface area contributed by atoms with Crippen molar-refractivity contribution in [2.45, 2.75) is 6.42 Å². The molecule has 3 aromatic rings. The summed E-state index contributed by atoms with van der Waals surface area (Å²) in [6, 6.07) is 16.5. The Bertz CT molecular complexity index is 978. The Morgan fingerprint density at radius 1 is 1.07 bits per heavy atom. The van der Waals surface area contributed by atoms with Crippen LogP contribution in [-0.2, 0) is 18.3 Å². The highest BCUT2D eigenvalue weighted by atomic mass is 16.2. The van der Waals surface area contributed by atoms with Gasteiger partial charge in [0.05, 0.1) is 0 Å². The highest BCUT2D eigenvalue weighted by molar-refractivity contribution is 5.99. The Morgan fingerprint density at radius 3 is 2.46 bits per heavy atom. The van der Waals surface area contributed by atoms with Crippen LogP contribution in [0.4, 0.5) is 5.69 Å². The second-order valence-corrected chi connectivity index (χ2v) is 6.14. The average molecular weight is 375 g/mol. The first-order valence-electron chi connectivity index (χ1n) is 8.84. The fourth-order valence-electron chi connectivity index (χ4n) is 2.71. The van der Waals surface area contributed by atoms with Crippen LogP contribution >= 0.6 is 0 Å². The van der Waals surface area contributed by atoms with E-state index in [0.717, 1.165) is 17.2 Å². The maximum Gasteiger partial charge on any atom is 0.251 e. The summed E-state index contributed by atoms with van der Waals surface area (Å²) in [5.41, 5.74) is 2.12. The van der Waals surface area contributed by atoms with Gasteiger partial charge in [-0.25, -0.2) is 0 Å². The van der Waals surface area contributed by atoms with Gasteiger partial charge in [-0.15, -0.1) is 10.2 Å². The number of rotatable bonds is 7. The average Bonchev–Trinajstić information content (AvgIpc) is 3.09. The van der Waals surface area contributed by atoms with Gasteiger partial charge in [-0.05, 0) is 30.3 Å².